The molecule has 6 nitrogen and oxygen atoms in total. The van der Waals surface area contributed by atoms with E-state index in [0.717, 1.165) is 24.1 Å². The Morgan fingerprint density at radius 3 is 2.80 bits per heavy atom. The molecular formula is C19H21N3O3. The molecule has 130 valence electrons. The van der Waals surface area contributed by atoms with E-state index in [1.165, 1.54) is 6.20 Å². The van der Waals surface area contributed by atoms with E-state index in [1.807, 2.05) is 30.3 Å². The number of nitrogens with one attached hydrogen (secondary N) is 1. The zero-order valence-corrected chi connectivity index (χ0v) is 14.2. The summed E-state index contributed by atoms with van der Waals surface area (Å²) < 4.78 is 6.85. The summed E-state index contributed by atoms with van der Waals surface area (Å²) in [5.74, 6) is 0.232. The van der Waals surface area contributed by atoms with E-state index in [-0.39, 0.29) is 5.78 Å². The predicted molar refractivity (Wildman–Crippen MR) is 94.3 cm³/mol. The van der Waals surface area contributed by atoms with Crippen LogP contribution >= 0.6 is 0 Å². The van der Waals surface area contributed by atoms with Gasteiger partial charge >= 0.3 is 5.97 Å². The largest absolute Gasteiger partial charge is 0.462 e. The van der Waals surface area contributed by atoms with Crippen molar-refractivity contribution in [3.8, 4) is 0 Å². The molecule has 1 aromatic carbocycles. The topological polar surface area (TPSA) is 73.2 Å². The number of hydrogen-bond acceptors (Lipinski definition) is 5. The van der Waals surface area contributed by atoms with Crippen LogP contribution in [0.1, 0.15) is 42.1 Å². The van der Waals surface area contributed by atoms with Gasteiger partial charge in [-0.1, -0.05) is 30.3 Å². The fraction of sp³-hybridized carbons (Fsp3) is 0.316. The average Bonchev–Trinajstić information content (AvgIpc) is 2.99. The van der Waals surface area contributed by atoms with Crippen molar-refractivity contribution in [1.82, 2.24) is 9.78 Å². The minimum absolute atomic E-state index is 0.0977. The summed E-state index contributed by atoms with van der Waals surface area (Å²) in [6.07, 6.45) is 5.26. The summed E-state index contributed by atoms with van der Waals surface area (Å²) in [6.45, 7) is 2.58. The molecule has 1 heterocycles. The van der Waals surface area contributed by atoms with Crippen molar-refractivity contribution < 1.29 is 14.3 Å². The fourth-order valence-electron chi connectivity index (χ4n) is 2.79. The van der Waals surface area contributed by atoms with Crippen LogP contribution in [0.5, 0.6) is 0 Å². The van der Waals surface area contributed by atoms with Gasteiger partial charge in [0.25, 0.3) is 0 Å². The molecule has 0 amide bonds. The number of ketones is 1. The van der Waals surface area contributed by atoms with Crippen LogP contribution in [0.25, 0.3) is 0 Å². The monoisotopic (exact) mass is 339 g/mol. The molecule has 0 saturated carbocycles. The molecule has 1 aromatic heterocycles. The standard InChI is InChI=1S/C19H21N3O3/c1-2-25-19(24)17-12-20-22(13-14-7-4-3-5-8-14)18(17)21-15-9-6-10-16(23)11-15/h3-5,7-8,11-12,21H,2,6,9-10,13H2,1H3. The number of anilines is 1. The van der Waals surface area contributed by atoms with Gasteiger partial charge < -0.3 is 10.1 Å². The average molecular weight is 339 g/mol. The van der Waals surface area contributed by atoms with Crippen LogP contribution in [0.4, 0.5) is 5.82 Å². The maximum atomic E-state index is 12.2. The molecule has 0 radical (unpaired) electrons. The third-order valence-electron chi connectivity index (χ3n) is 3.99. The molecule has 0 unspecified atom stereocenters. The van der Waals surface area contributed by atoms with Crippen molar-refractivity contribution in [2.75, 3.05) is 11.9 Å². The van der Waals surface area contributed by atoms with Gasteiger partial charge in [0, 0.05) is 18.2 Å². The quantitative estimate of drug-likeness (QED) is 0.819. The lowest BCUT2D eigenvalue weighted by Crippen LogP contribution is -2.15. The summed E-state index contributed by atoms with van der Waals surface area (Å²) >= 11 is 0. The van der Waals surface area contributed by atoms with Gasteiger partial charge in [-0.2, -0.15) is 5.10 Å². The van der Waals surface area contributed by atoms with Crippen LogP contribution in [0.2, 0.25) is 0 Å². The van der Waals surface area contributed by atoms with Gasteiger partial charge in [0.2, 0.25) is 0 Å². The van der Waals surface area contributed by atoms with E-state index in [4.69, 9.17) is 4.74 Å². The summed E-state index contributed by atoms with van der Waals surface area (Å²) in [7, 11) is 0. The zero-order chi connectivity index (χ0) is 17.6. The zero-order valence-electron chi connectivity index (χ0n) is 14.2. The number of ether oxygens (including phenoxy) is 1. The Balaban J connectivity index is 1.92. The number of aromatic nitrogens is 2. The third kappa shape index (κ3) is 4.15. The molecule has 0 atom stereocenters. The molecule has 0 aliphatic heterocycles. The fourth-order valence-corrected chi connectivity index (χ4v) is 2.79. The third-order valence-corrected chi connectivity index (χ3v) is 3.99. The van der Waals surface area contributed by atoms with Gasteiger partial charge in [0.15, 0.2) is 5.78 Å². The van der Waals surface area contributed by atoms with E-state index >= 15 is 0 Å². The minimum Gasteiger partial charge on any atom is -0.462 e. The lowest BCUT2D eigenvalue weighted by Gasteiger charge is -2.17. The maximum Gasteiger partial charge on any atom is 0.343 e. The SMILES string of the molecule is CCOC(=O)c1cnn(Cc2ccccc2)c1NC1=CC(=O)CCC1. The molecule has 6 heteroatoms. The minimum atomic E-state index is -0.424. The van der Waals surface area contributed by atoms with Gasteiger partial charge in [-0.05, 0) is 25.3 Å². The van der Waals surface area contributed by atoms with Crippen molar-refractivity contribution in [3.63, 3.8) is 0 Å². The summed E-state index contributed by atoms with van der Waals surface area (Å²) in [4.78, 5) is 23.9. The van der Waals surface area contributed by atoms with Crippen molar-refractivity contribution in [3.05, 3.63) is 59.4 Å². The molecule has 0 bridgehead atoms. The molecule has 1 aliphatic carbocycles. The Bertz CT molecular complexity index is 794. The Morgan fingerprint density at radius 1 is 1.28 bits per heavy atom. The first kappa shape index (κ1) is 17.0. The molecule has 3 rings (SSSR count). The molecule has 0 spiro atoms. The van der Waals surface area contributed by atoms with Gasteiger partial charge in [0.1, 0.15) is 11.4 Å². The van der Waals surface area contributed by atoms with E-state index in [0.29, 0.717) is 31.0 Å². The number of hydrogen-bond donors (Lipinski definition) is 1. The maximum absolute atomic E-state index is 12.2. The summed E-state index contributed by atoms with van der Waals surface area (Å²) in [6, 6.07) is 9.87. The van der Waals surface area contributed by atoms with Gasteiger partial charge in [0.05, 0.1) is 19.3 Å². The van der Waals surface area contributed by atoms with Crippen LogP contribution in [0.3, 0.4) is 0 Å². The highest BCUT2D eigenvalue weighted by molar-refractivity contribution is 5.96. The highest BCUT2D eigenvalue weighted by Gasteiger charge is 2.21. The van der Waals surface area contributed by atoms with Gasteiger partial charge in [-0.15, -0.1) is 0 Å². The smallest absolute Gasteiger partial charge is 0.343 e. The Morgan fingerprint density at radius 2 is 2.08 bits per heavy atom. The summed E-state index contributed by atoms with van der Waals surface area (Å²) in [5, 5.41) is 7.57. The van der Waals surface area contributed by atoms with Gasteiger partial charge in [-0.3, -0.25) is 4.79 Å². The second kappa shape index (κ2) is 7.79. The first-order valence-corrected chi connectivity index (χ1v) is 8.44. The molecule has 0 saturated heterocycles. The van der Waals surface area contributed by atoms with E-state index in [2.05, 4.69) is 10.4 Å². The number of carbonyl (C=O) groups is 2. The lowest BCUT2D eigenvalue weighted by atomic mass is 10.0. The Labute approximate surface area is 146 Å². The van der Waals surface area contributed by atoms with E-state index in [1.54, 1.807) is 17.7 Å². The van der Waals surface area contributed by atoms with Crippen molar-refractivity contribution in [2.45, 2.75) is 32.7 Å². The number of nitrogens with zero attached hydrogens (tertiary/aromatic N) is 2. The van der Waals surface area contributed by atoms with E-state index < -0.39 is 5.97 Å². The predicted octanol–water partition coefficient (Wildman–Crippen LogP) is 3.16. The second-order valence-electron chi connectivity index (χ2n) is 5.89. The van der Waals surface area contributed by atoms with Crippen LogP contribution < -0.4 is 5.32 Å². The first-order chi connectivity index (χ1) is 12.2. The van der Waals surface area contributed by atoms with Crippen molar-refractivity contribution >= 4 is 17.6 Å². The molecule has 1 aliphatic rings. The van der Waals surface area contributed by atoms with Crippen LogP contribution in [-0.2, 0) is 16.1 Å². The van der Waals surface area contributed by atoms with Crippen LogP contribution in [0.15, 0.2) is 48.3 Å². The molecule has 0 fully saturated rings. The van der Waals surface area contributed by atoms with Crippen molar-refractivity contribution in [1.29, 1.82) is 0 Å². The first-order valence-electron chi connectivity index (χ1n) is 8.44. The number of esters is 1. The molecule has 25 heavy (non-hydrogen) atoms. The van der Waals surface area contributed by atoms with Crippen molar-refractivity contribution in [2.24, 2.45) is 0 Å². The number of allylic oxidation sites excluding steroid dienone is 2. The Kier molecular flexibility index (Phi) is 5.28. The summed E-state index contributed by atoms with van der Waals surface area (Å²) in [5.41, 5.74) is 2.24. The lowest BCUT2D eigenvalue weighted by molar-refractivity contribution is -0.115. The number of carbonyl (C=O) groups excluding carboxylic acids is 2. The second-order valence-corrected chi connectivity index (χ2v) is 5.89. The van der Waals surface area contributed by atoms with Crippen LogP contribution in [0, 0.1) is 0 Å². The number of benzene rings is 1. The van der Waals surface area contributed by atoms with E-state index in [9.17, 15) is 9.59 Å². The Hall–Kier alpha value is -2.89. The number of rotatable bonds is 6. The van der Waals surface area contributed by atoms with Gasteiger partial charge in [-0.25, -0.2) is 9.48 Å². The highest BCUT2D eigenvalue weighted by atomic mass is 16.5. The molecular weight excluding hydrogens is 318 g/mol. The normalized spacial score (nSPS) is 14.1. The van der Waals surface area contributed by atoms with Crippen LogP contribution in [-0.4, -0.2) is 28.1 Å². The molecule has 2 aromatic rings. The molecule has 1 N–H and O–H groups in total. The highest BCUT2D eigenvalue weighted by Crippen LogP contribution is 2.23.